The van der Waals surface area contributed by atoms with Crippen molar-refractivity contribution in [3.8, 4) is 0 Å². The number of nitrogen functional groups attached to an aromatic ring is 1. The molecule has 1 atom stereocenters. The zero-order valence-electron chi connectivity index (χ0n) is 13.4. The van der Waals surface area contributed by atoms with Crippen LogP contribution in [0.25, 0.3) is 0 Å². The molecule has 0 aliphatic heterocycles. The number of anilines is 1. The highest BCUT2D eigenvalue weighted by Gasteiger charge is 2.32. The lowest BCUT2D eigenvalue weighted by Gasteiger charge is -2.35. The minimum absolute atomic E-state index is 0.00179. The van der Waals surface area contributed by atoms with Gasteiger partial charge in [-0.3, -0.25) is 0 Å². The van der Waals surface area contributed by atoms with E-state index in [0.717, 1.165) is 36.8 Å². The summed E-state index contributed by atoms with van der Waals surface area (Å²) < 4.78 is 28.3. The molecule has 0 radical (unpaired) electrons. The summed E-state index contributed by atoms with van der Waals surface area (Å²) in [5.74, 6) is 0. The Morgan fingerprint density at radius 1 is 1.29 bits per heavy atom. The fraction of sp³-hybridized carbons (Fsp3) is 0.625. The van der Waals surface area contributed by atoms with Gasteiger partial charge in [-0.15, -0.1) is 0 Å². The van der Waals surface area contributed by atoms with Gasteiger partial charge < -0.3 is 5.73 Å². The van der Waals surface area contributed by atoms with Gasteiger partial charge in [-0.1, -0.05) is 26.3 Å². The van der Waals surface area contributed by atoms with E-state index in [0.29, 0.717) is 5.69 Å². The van der Waals surface area contributed by atoms with E-state index in [1.165, 1.54) is 0 Å². The standard InChI is InChI=1S/C16H26N2O2S/c1-11-7-8-14(17)15(12(11)2)21(19,20)18-13-6-5-9-16(3,4)10-13/h7-8,13,18H,5-6,9-10,17H2,1-4H3. The van der Waals surface area contributed by atoms with Crippen molar-refractivity contribution in [1.82, 2.24) is 4.72 Å². The lowest BCUT2D eigenvalue weighted by molar-refractivity contribution is 0.212. The fourth-order valence-electron chi connectivity index (χ4n) is 3.24. The Morgan fingerprint density at radius 3 is 2.57 bits per heavy atom. The van der Waals surface area contributed by atoms with E-state index in [1.807, 2.05) is 19.9 Å². The molecule has 1 saturated carbocycles. The molecule has 4 nitrogen and oxygen atoms in total. The number of nitrogens with one attached hydrogen (secondary N) is 1. The molecule has 1 aromatic carbocycles. The van der Waals surface area contributed by atoms with Gasteiger partial charge in [-0.05, 0) is 55.7 Å². The van der Waals surface area contributed by atoms with Gasteiger partial charge in [0.05, 0.1) is 5.69 Å². The molecule has 1 unspecified atom stereocenters. The number of hydrogen-bond acceptors (Lipinski definition) is 3. The second-order valence-electron chi connectivity index (χ2n) is 7.00. The SMILES string of the molecule is Cc1ccc(N)c(S(=O)(=O)NC2CCCC(C)(C)C2)c1C. The van der Waals surface area contributed by atoms with Gasteiger partial charge in [0, 0.05) is 6.04 Å². The summed E-state index contributed by atoms with van der Waals surface area (Å²) in [4.78, 5) is 0.242. The first kappa shape index (κ1) is 16.3. The molecule has 1 aliphatic rings. The van der Waals surface area contributed by atoms with Crippen LogP contribution in [0.2, 0.25) is 0 Å². The van der Waals surface area contributed by atoms with Crippen molar-refractivity contribution in [2.45, 2.75) is 64.3 Å². The van der Waals surface area contributed by atoms with Crippen LogP contribution in [0.3, 0.4) is 0 Å². The molecule has 118 valence electrons. The number of rotatable bonds is 3. The molecule has 0 spiro atoms. The van der Waals surface area contributed by atoms with E-state index in [-0.39, 0.29) is 16.4 Å². The normalized spacial score (nSPS) is 22.2. The van der Waals surface area contributed by atoms with E-state index in [1.54, 1.807) is 6.07 Å². The van der Waals surface area contributed by atoms with E-state index in [4.69, 9.17) is 5.73 Å². The molecule has 1 aliphatic carbocycles. The summed E-state index contributed by atoms with van der Waals surface area (Å²) in [5, 5.41) is 0. The van der Waals surface area contributed by atoms with Crippen molar-refractivity contribution in [2.75, 3.05) is 5.73 Å². The quantitative estimate of drug-likeness (QED) is 0.842. The highest BCUT2D eigenvalue weighted by Crippen LogP contribution is 2.36. The third-order valence-corrected chi connectivity index (χ3v) is 6.23. The Kier molecular flexibility index (Phi) is 4.36. The number of hydrogen-bond donors (Lipinski definition) is 2. The maximum Gasteiger partial charge on any atom is 0.243 e. The molecular weight excluding hydrogens is 284 g/mol. The van der Waals surface area contributed by atoms with Crippen LogP contribution in [0, 0.1) is 19.3 Å². The zero-order valence-corrected chi connectivity index (χ0v) is 14.2. The van der Waals surface area contributed by atoms with Crippen LogP contribution in [0.4, 0.5) is 5.69 Å². The van der Waals surface area contributed by atoms with Crippen LogP contribution in [-0.2, 0) is 10.0 Å². The van der Waals surface area contributed by atoms with Crippen molar-refractivity contribution in [3.05, 3.63) is 23.3 Å². The monoisotopic (exact) mass is 310 g/mol. The topological polar surface area (TPSA) is 72.2 Å². The van der Waals surface area contributed by atoms with E-state index in [2.05, 4.69) is 18.6 Å². The van der Waals surface area contributed by atoms with E-state index < -0.39 is 10.0 Å². The smallest absolute Gasteiger partial charge is 0.243 e. The maximum absolute atomic E-state index is 12.7. The predicted molar refractivity (Wildman–Crippen MR) is 86.7 cm³/mol. The van der Waals surface area contributed by atoms with Gasteiger partial charge in [0.2, 0.25) is 10.0 Å². The Morgan fingerprint density at radius 2 is 1.95 bits per heavy atom. The molecule has 1 aromatic rings. The molecule has 5 heteroatoms. The van der Waals surface area contributed by atoms with Gasteiger partial charge in [-0.2, -0.15) is 0 Å². The average molecular weight is 310 g/mol. The molecule has 0 bridgehead atoms. The first-order valence-corrected chi connectivity index (χ1v) is 8.99. The zero-order chi connectivity index (χ0) is 15.8. The summed E-state index contributed by atoms with van der Waals surface area (Å²) in [7, 11) is -3.57. The van der Waals surface area contributed by atoms with Crippen molar-refractivity contribution >= 4 is 15.7 Å². The fourth-order valence-corrected chi connectivity index (χ4v) is 4.95. The Balaban J connectivity index is 2.29. The Bertz CT molecular complexity index is 636. The summed E-state index contributed by atoms with van der Waals surface area (Å²) in [6.07, 6.45) is 3.98. The molecular formula is C16H26N2O2S. The third kappa shape index (κ3) is 3.58. The minimum Gasteiger partial charge on any atom is -0.398 e. The Labute approximate surface area is 128 Å². The van der Waals surface area contributed by atoms with Crippen LogP contribution in [0.1, 0.15) is 50.7 Å². The first-order chi connectivity index (χ1) is 9.62. The molecule has 3 N–H and O–H groups in total. The highest BCUT2D eigenvalue weighted by molar-refractivity contribution is 7.89. The van der Waals surface area contributed by atoms with E-state index >= 15 is 0 Å². The first-order valence-electron chi connectivity index (χ1n) is 7.50. The molecule has 0 heterocycles. The van der Waals surface area contributed by atoms with Gasteiger partial charge in [0.1, 0.15) is 4.90 Å². The van der Waals surface area contributed by atoms with Crippen LogP contribution >= 0.6 is 0 Å². The van der Waals surface area contributed by atoms with Gasteiger partial charge >= 0.3 is 0 Å². The summed E-state index contributed by atoms with van der Waals surface area (Å²) in [6.45, 7) is 8.10. The van der Waals surface area contributed by atoms with Gasteiger partial charge in [-0.25, -0.2) is 13.1 Å². The minimum atomic E-state index is -3.57. The van der Waals surface area contributed by atoms with Gasteiger partial charge in [0.25, 0.3) is 0 Å². The van der Waals surface area contributed by atoms with Gasteiger partial charge in [0.15, 0.2) is 0 Å². The lowest BCUT2D eigenvalue weighted by Crippen LogP contribution is -2.41. The van der Waals surface area contributed by atoms with Crippen LogP contribution < -0.4 is 10.5 Å². The molecule has 1 fully saturated rings. The number of nitrogens with two attached hydrogens (primary N) is 1. The maximum atomic E-state index is 12.7. The van der Waals surface area contributed by atoms with Crippen molar-refractivity contribution in [2.24, 2.45) is 5.41 Å². The molecule has 0 saturated heterocycles. The molecule has 0 amide bonds. The van der Waals surface area contributed by atoms with Crippen LogP contribution in [-0.4, -0.2) is 14.5 Å². The summed E-state index contributed by atoms with van der Waals surface area (Å²) in [6, 6.07) is 3.52. The largest absolute Gasteiger partial charge is 0.398 e. The van der Waals surface area contributed by atoms with Crippen LogP contribution in [0.5, 0.6) is 0 Å². The van der Waals surface area contributed by atoms with E-state index in [9.17, 15) is 8.42 Å². The molecule has 21 heavy (non-hydrogen) atoms. The van der Waals surface area contributed by atoms with Crippen LogP contribution in [0.15, 0.2) is 17.0 Å². The number of benzene rings is 1. The number of aryl methyl sites for hydroxylation is 1. The highest BCUT2D eigenvalue weighted by atomic mass is 32.2. The second kappa shape index (κ2) is 5.61. The molecule has 0 aromatic heterocycles. The number of sulfonamides is 1. The third-order valence-electron chi connectivity index (χ3n) is 4.50. The van der Waals surface area contributed by atoms with Crippen molar-refractivity contribution in [3.63, 3.8) is 0 Å². The Hall–Kier alpha value is -1.07. The lowest BCUT2D eigenvalue weighted by atomic mass is 9.75. The van der Waals surface area contributed by atoms with Crippen molar-refractivity contribution in [1.29, 1.82) is 0 Å². The molecule has 2 rings (SSSR count). The average Bonchev–Trinajstić information content (AvgIpc) is 2.32. The summed E-state index contributed by atoms with van der Waals surface area (Å²) in [5.41, 5.74) is 8.10. The predicted octanol–water partition coefficient (Wildman–Crippen LogP) is 3.13. The van der Waals surface area contributed by atoms with Crippen molar-refractivity contribution < 1.29 is 8.42 Å². The second-order valence-corrected chi connectivity index (χ2v) is 8.66. The summed E-state index contributed by atoms with van der Waals surface area (Å²) >= 11 is 0.